The first-order chi connectivity index (χ1) is 13.2. The van der Waals surface area contributed by atoms with Crippen LogP contribution in [0, 0.1) is 0 Å². The normalized spacial score (nSPS) is 20.5. The Morgan fingerprint density at radius 2 is 1.70 bits per heavy atom. The van der Waals surface area contributed by atoms with E-state index in [9.17, 15) is 0 Å². The maximum Gasteiger partial charge on any atom is 0.213 e. The number of fused-ring (bicyclic) bond motifs is 3. The number of nitrogens with zero attached hydrogens (tertiary/aromatic N) is 2. The molecule has 3 aromatic carbocycles. The van der Waals surface area contributed by atoms with E-state index in [4.69, 9.17) is 33.0 Å². The van der Waals surface area contributed by atoms with Gasteiger partial charge < -0.3 is 4.74 Å². The van der Waals surface area contributed by atoms with Gasteiger partial charge in [0, 0.05) is 27.6 Å². The Morgan fingerprint density at radius 1 is 0.889 bits per heavy atom. The van der Waals surface area contributed by atoms with Crippen molar-refractivity contribution in [1.82, 2.24) is 5.01 Å². The van der Waals surface area contributed by atoms with E-state index >= 15 is 0 Å². The first kappa shape index (κ1) is 16.7. The van der Waals surface area contributed by atoms with E-state index in [2.05, 4.69) is 11.1 Å². The maximum atomic E-state index is 6.33. The van der Waals surface area contributed by atoms with Crippen LogP contribution in [-0.4, -0.2) is 10.7 Å². The highest BCUT2D eigenvalue weighted by Gasteiger charge is 2.40. The molecule has 2 atom stereocenters. The fourth-order valence-electron chi connectivity index (χ4n) is 3.73. The molecule has 0 spiro atoms. The summed E-state index contributed by atoms with van der Waals surface area (Å²) in [7, 11) is 0. The molecule has 0 radical (unpaired) electrons. The van der Waals surface area contributed by atoms with Crippen molar-refractivity contribution in [1.29, 1.82) is 0 Å². The highest BCUT2D eigenvalue weighted by atomic mass is 35.5. The van der Waals surface area contributed by atoms with Crippen LogP contribution in [0.4, 0.5) is 0 Å². The SMILES string of the molecule is Clc1ccc(C2=NN3[C@H](C2)c2ccccc2O[C@H]3c2cccc(Cl)c2)cc1. The highest BCUT2D eigenvalue weighted by Crippen LogP contribution is 2.47. The van der Waals surface area contributed by atoms with Gasteiger partial charge in [0.25, 0.3) is 0 Å². The van der Waals surface area contributed by atoms with Gasteiger partial charge in [-0.15, -0.1) is 0 Å². The largest absolute Gasteiger partial charge is 0.464 e. The Bertz CT molecular complexity index is 1030. The molecule has 0 saturated carbocycles. The van der Waals surface area contributed by atoms with Gasteiger partial charge in [-0.05, 0) is 35.9 Å². The lowest BCUT2D eigenvalue weighted by atomic mass is 9.96. The topological polar surface area (TPSA) is 24.8 Å². The molecular weight excluding hydrogens is 379 g/mol. The third-order valence-corrected chi connectivity index (χ3v) is 5.50. The van der Waals surface area contributed by atoms with Gasteiger partial charge in [0.15, 0.2) is 0 Å². The Balaban J connectivity index is 1.60. The molecule has 0 bridgehead atoms. The molecule has 3 aromatic rings. The molecule has 0 N–H and O–H groups in total. The average Bonchev–Trinajstić information content (AvgIpc) is 3.13. The molecule has 5 heteroatoms. The van der Waals surface area contributed by atoms with E-state index < -0.39 is 0 Å². The van der Waals surface area contributed by atoms with Gasteiger partial charge in [0.2, 0.25) is 6.23 Å². The molecule has 2 aliphatic heterocycles. The van der Waals surface area contributed by atoms with Gasteiger partial charge in [-0.1, -0.05) is 65.7 Å². The lowest BCUT2D eigenvalue weighted by molar-refractivity contribution is -0.0190. The first-order valence-electron chi connectivity index (χ1n) is 8.82. The summed E-state index contributed by atoms with van der Waals surface area (Å²) in [6.07, 6.45) is 0.507. The summed E-state index contributed by atoms with van der Waals surface area (Å²) in [5.74, 6) is 0.899. The highest BCUT2D eigenvalue weighted by molar-refractivity contribution is 6.31. The van der Waals surface area contributed by atoms with Crippen molar-refractivity contribution in [2.75, 3.05) is 0 Å². The standard InChI is InChI=1S/C22H16Cl2N2O/c23-16-10-8-14(9-11-16)19-13-20-18-6-1-2-7-21(18)27-22(26(20)25-19)15-4-3-5-17(24)12-15/h1-12,20,22H,13H2/t20-,22+/m1/s1. The number of ether oxygens (including phenoxy) is 1. The van der Waals surface area contributed by atoms with Crippen molar-refractivity contribution in [3.8, 4) is 5.75 Å². The molecule has 134 valence electrons. The van der Waals surface area contributed by atoms with Crippen molar-refractivity contribution in [3.05, 3.63) is 99.5 Å². The number of halogens is 2. The van der Waals surface area contributed by atoms with Gasteiger partial charge in [0.05, 0.1) is 11.8 Å². The molecule has 0 aliphatic carbocycles. The molecule has 2 heterocycles. The third kappa shape index (κ3) is 2.97. The molecule has 0 aromatic heterocycles. The van der Waals surface area contributed by atoms with E-state index in [1.807, 2.05) is 66.7 Å². The van der Waals surface area contributed by atoms with Crippen molar-refractivity contribution in [3.63, 3.8) is 0 Å². The molecule has 0 amide bonds. The summed E-state index contributed by atoms with van der Waals surface area (Å²) in [4.78, 5) is 0. The lowest BCUT2D eigenvalue weighted by Crippen LogP contribution is -2.33. The summed E-state index contributed by atoms with van der Waals surface area (Å²) in [6, 6.07) is 23.9. The Kier molecular flexibility index (Phi) is 4.07. The van der Waals surface area contributed by atoms with Crippen LogP contribution >= 0.6 is 23.2 Å². The molecule has 27 heavy (non-hydrogen) atoms. The molecule has 2 aliphatic rings. The predicted octanol–water partition coefficient (Wildman–Crippen LogP) is 6.24. The van der Waals surface area contributed by atoms with Crippen LogP contribution in [0.15, 0.2) is 77.9 Å². The Labute approximate surface area is 167 Å². The predicted molar refractivity (Wildman–Crippen MR) is 108 cm³/mol. The van der Waals surface area contributed by atoms with Gasteiger partial charge >= 0.3 is 0 Å². The number of para-hydroxylation sites is 1. The number of hydrogen-bond donors (Lipinski definition) is 0. The Morgan fingerprint density at radius 3 is 2.52 bits per heavy atom. The summed E-state index contributed by atoms with van der Waals surface area (Å²) in [5.41, 5.74) is 4.26. The van der Waals surface area contributed by atoms with Crippen molar-refractivity contribution < 1.29 is 4.74 Å². The second-order valence-electron chi connectivity index (χ2n) is 6.72. The van der Waals surface area contributed by atoms with Gasteiger partial charge in [-0.2, -0.15) is 5.10 Å². The van der Waals surface area contributed by atoms with Crippen molar-refractivity contribution in [2.24, 2.45) is 5.10 Å². The molecule has 0 fully saturated rings. The van der Waals surface area contributed by atoms with Crippen LogP contribution in [0.3, 0.4) is 0 Å². The van der Waals surface area contributed by atoms with E-state index in [0.29, 0.717) is 5.02 Å². The summed E-state index contributed by atoms with van der Waals surface area (Å²) < 4.78 is 6.33. The molecule has 5 rings (SSSR count). The molecule has 0 saturated heterocycles. The van der Waals surface area contributed by atoms with Crippen LogP contribution in [0.1, 0.15) is 35.4 Å². The minimum absolute atomic E-state index is 0.129. The van der Waals surface area contributed by atoms with Crippen LogP contribution < -0.4 is 4.74 Å². The number of rotatable bonds is 2. The zero-order valence-electron chi connectivity index (χ0n) is 14.3. The number of hydrogen-bond acceptors (Lipinski definition) is 3. The van der Waals surface area contributed by atoms with Gasteiger partial charge in [-0.3, -0.25) is 0 Å². The number of hydrazone groups is 1. The second kappa shape index (κ2) is 6.59. The summed E-state index contributed by atoms with van der Waals surface area (Å²) in [6.45, 7) is 0. The smallest absolute Gasteiger partial charge is 0.213 e. The fraction of sp³-hybridized carbons (Fsp3) is 0.136. The minimum atomic E-state index is -0.312. The zero-order valence-corrected chi connectivity index (χ0v) is 15.9. The lowest BCUT2D eigenvalue weighted by Gasteiger charge is -2.38. The summed E-state index contributed by atoms with van der Waals surface area (Å²) in [5, 5.41) is 8.40. The Hall–Kier alpha value is -2.49. The van der Waals surface area contributed by atoms with E-state index in [1.165, 1.54) is 0 Å². The molecular formula is C22H16Cl2N2O. The molecule has 0 unspecified atom stereocenters. The van der Waals surface area contributed by atoms with E-state index in [0.717, 1.165) is 39.6 Å². The van der Waals surface area contributed by atoms with E-state index in [1.54, 1.807) is 0 Å². The van der Waals surface area contributed by atoms with Gasteiger partial charge in [0.1, 0.15) is 5.75 Å². The van der Waals surface area contributed by atoms with E-state index in [-0.39, 0.29) is 12.3 Å². The maximum absolute atomic E-state index is 6.33. The molecule has 3 nitrogen and oxygen atoms in total. The third-order valence-electron chi connectivity index (χ3n) is 5.01. The van der Waals surface area contributed by atoms with Crippen molar-refractivity contribution >= 4 is 28.9 Å². The van der Waals surface area contributed by atoms with Gasteiger partial charge in [-0.25, -0.2) is 5.01 Å². The number of benzene rings is 3. The quantitative estimate of drug-likeness (QED) is 0.513. The van der Waals surface area contributed by atoms with Crippen molar-refractivity contribution in [2.45, 2.75) is 18.7 Å². The fourth-order valence-corrected chi connectivity index (χ4v) is 4.06. The van der Waals surface area contributed by atoms with Crippen LogP contribution in [0.25, 0.3) is 0 Å². The summed E-state index contributed by atoms with van der Waals surface area (Å²) >= 11 is 12.3. The first-order valence-corrected chi connectivity index (χ1v) is 9.57. The monoisotopic (exact) mass is 394 g/mol. The zero-order chi connectivity index (χ0) is 18.4. The minimum Gasteiger partial charge on any atom is -0.464 e. The van der Waals surface area contributed by atoms with Crippen LogP contribution in [0.2, 0.25) is 10.0 Å². The second-order valence-corrected chi connectivity index (χ2v) is 7.59. The van der Waals surface area contributed by atoms with Crippen LogP contribution in [-0.2, 0) is 0 Å². The van der Waals surface area contributed by atoms with Crippen LogP contribution in [0.5, 0.6) is 5.75 Å². The average molecular weight is 395 g/mol.